The van der Waals surface area contributed by atoms with Gasteiger partial charge in [-0.25, -0.2) is 0 Å². The van der Waals surface area contributed by atoms with Crippen molar-refractivity contribution < 1.29 is 61.9 Å². The lowest BCUT2D eigenvalue weighted by Crippen LogP contribution is -2.37. The van der Waals surface area contributed by atoms with Crippen LogP contribution in [-0.2, 0) is 47.7 Å². The number of hydrogen-bond acceptors (Lipinski definition) is 19. The second kappa shape index (κ2) is 33.2. The van der Waals surface area contributed by atoms with Crippen molar-refractivity contribution in [3.05, 3.63) is 144 Å². The van der Waals surface area contributed by atoms with E-state index in [1.807, 2.05) is 148 Å². The van der Waals surface area contributed by atoms with Gasteiger partial charge >= 0.3 is 29.8 Å². The van der Waals surface area contributed by atoms with Crippen LogP contribution >= 0.6 is 0 Å². The number of aryl methyl sites for hydroxylation is 3. The van der Waals surface area contributed by atoms with E-state index in [9.17, 15) is 24.0 Å². The zero-order chi connectivity index (χ0) is 66.7. The van der Waals surface area contributed by atoms with Crippen LogP contribution in [0.25, 0.3) is 50.2 Å². The molecule has 0 radical (unpaired) electrons. The largest absolute Gasteiger partial charge is 0.491 e. The summed E-state index contributed by atoms with van der Waals surface area (Å²) in [5.41, 5.74) is 9.53. The highest BCUT2D eigenvalue weighted by molar-refractivity contribution is 5.84. The summed E-state index contributed by atoms with van der Waals surface area (Å²) in [6, 6.07) is 40.1. The molecule has 0 amide bonds. The molecule has 22 nitrogen and oxygen atoms in total. The van der Waals surface area contributed by atoms with Crippen molar-refractivity contribution in [3.8, 4) is 34.3 Å². The number of esters is 5. The summed E-state index contributed by atoms with van der Waals surface area (Å²) in [5.74, 6) is -6.91. The Morgan fingerprint density at radius 2 is 0.670 bits per heavy atom. The number of hydrogen-bond donors (Lipinski definition) is 0. The number of unbranched alkanes of at least 4 members (excludes halogenated alkanes) is 3. The number of benzene rings is 6. The summed E-state index contributed by atoms with van der Waals surface area (Å²) in [6.45, 7) is 16.8. The van der Waals surface area contributed by atoms with Gasteiger partial charge in [0.2, 0.25) is 0 Å². The van der Waals surface area contributed by atoms with Crippen molar-refractivity contribution in [1.82, 2.24) is 45.0 Å². The van der Waals surface area contributed by atoms with E-state index in [0.717, 1.165) is 49.8 Å². The molecular formula is C72H85N9O13. The fraction of sp³-hybridized carbons (Fsp3) is 0.431. The van der Waals surface area contributed by atoms with E-state index >= 15 is 0 Å². The molecule has 0 aliphatic heterocycles. The lowest BCUT2D eigenvalue weighted by Gasteiger charge is -2.28. The van der Waals surface area contributed by atoms with Gasteiger partial charge in [0.1, 0.15) is 67.4 Å². The molecule has 9 rings (SSSR count). The molecule has 3 aromatic heterocycles. The van der Waals surface area contributed by atoms with Gasteiger partial charge < -0.3 is 37.9 Å². The van der Waals surface area contributed by atoms with Crippen LogP contribution in [0.4, 0.5) is 0 Å². The van der Waals surface area contributed by atoms with Crippen LogP contribution in [-0.4, -0.2) is 127 Å². The smallest absolute Gasteiger partial charge is 0.310 e. The number of carbonyl (C=O) groups excluding carboxylic acids is 5. The molecule has 0 fully saturated rings. The molecule has 3 heterocycles. The Kier molecular flexibility index (Phi) is 24.2. The van der Waals surface area contributed by atoms with E-state index in [4.69, 9.17) is 37.9 Å². The molecule has 0 saturated heterocycles. The van der Waals surface area contributed by atoms with Crippen LogP contribution in [0.15, 0.2) is 127 Å². The normalized spacial score (nSPS) is 13.1. The second-order valence-corrected chi connectivity index (χ2v) is 24.4. The third kappa shape index (κ3) is 19.0. The Labute approximate surface area is 547 Å². The van der Waals surface area contributed by atoms with E-state index < -0.39 is 71.6 Å². The van der Waals surface area contributed by atoms with Crippen LogP contribution < -0.4 is 14.2 Å². The first-order valence-electron chi connectivity index (χ1n) is 32.5. The van der Waals surface area contributed by atoms with Crippen LogP contribution in [0.2, 0.25) is 0 Å². The molecule has 0 saturated carbocycles. The molecule has 0 bridgehead atoms. The van der Waals surface area contributed by atoms with Crippen molar-refractivity contribution >= 4 is 62.9 Å². The monoisotopic (exact) mass is 1280 g/mol. The first-order chi connectivity index (χ1) is 45.4. The van der Waals surface area contributed by atoms with Crippen molar-refractivity contribution in [2.24, 2.45) is 29.6 Å². The Morgan fingerprint density at radius 1 is 0.362 bits per heavy atom. The molecule has 5 unspecified atom stereocenters. The lowest BCUT2D eigenvalue weighted by atomic mass is 9.79. The van der Waals surface area contributed by atoms with Gasteiger partial charge in [-0.1, -0.05) is 68.4 Å². The number of carbonyl (C=O) groups is 5. The summed E-state index contributed by atoms with van der Waals surface area (Å²) in [6.07, 6.45) is 1.19. The van der Waals surface area contributed by atoms with Gasteiger partial charge in [0.25, 0.3) is 0 Å². The lowest BCUT2D eigenvalue weighted by molar-refractivity contribution is -0.167. The number of nitrogens with zero attached hydrogens (tertiary/aromatic N) is 9. The maximum Gasteiger partial charge on any atom is 0.310 e. The van der Waals surface area contributed by atoms with E-state index in [2.05, 4.69) is 30.6 Å². The number of ether oxygens (including phenoxy) is 8. The van der Waals surface area contributed by atoms with Gasteiger partial charge in [-0.05, 0) is 196 Å². The minimum atomic E-state index is -1.19. The Balaban J connectivity index is 0.869. The van der Waals surface area contributed by atoms with Gasteiger partial charge in [-0.3, -0.25) is 24.0 Å². The summed E-state index contributed by atoms with van der Waals surface area (Å²) in [5, 5.41) is 27.9. The van der Waals surface area contributed by atoms with Gasteiger partial charge in [-0.15, -0.1) is 45.0 Å². The highest BCUT2D eigenvalue weighted by Crippen LogP contribution is 2.34. The fourth-order valence-corrected chi connectivity index (χ4v) is 10.8. The fourth-order valence-electron chi connectivity index (χ4n) is 10.8. The van der Waals surface area contributed by atoms with Crippen LogP contribution in [0.3, 0.4) is 0 Å². The number of rotatable bonds is 35. The molecule has 94 heavy (non-hydrogen) atoms. The van der Waals surface area contributed by atoms with Gasteiger partial charge in [-0.2, -0.15) is 0 Å². The molecule has 0 spiro atoms. The van der Waals surface area contributed by atoms with E-state index in [0.29, 0.717) is 79.4 Å². The molecule has 9 aromatic rings. The quantitative estimate of drug-likeness (QED) is 0.0203. The predicted octanol–water partition coefficient (Wildman–Crippen LogP) is 12.5. The zero-order valence-corrected chi connectivity index (χ0v) is 55.1. The molecular weight excluding hydrogens is 1200 g/mol. The maximum absolute atomic E-state index is 14.7. The summed E-state index contributed by atoms with van der Waals surface area (Å²) >= 11 is 0. The average molecular weight is 1280 g/mol. The molecule has 6 aromatic carbocycles. The van der Waals surface area contributed by atoms with Crippen LogP contribution in [0.5, 0.6) is 17.2 Å². The highest BCUT2D eigenvalue weighted by Gasteiger charge is 2.40. The van der Waals surface area contributed by atoms with Crippen LogP contribution in [0.1, 0.15) is 116 Å². The molecule has 5 atom stereocenters. The molecule has 22 heteroatoms. The number of aromatic nitrogens is 9. The molecule has 0 aliphatic rings. The summed E-state index contributed by atoms with van der Waals surface area (Å²) < 4.78 is 47.9. The number of fused-ring (bicyclic) bond motifs is 3. The van der Waals surface area contributed by atoms with Crippen molar-refractivity contribution in [2.75, 3.05) is 39.6 Å². The van der Waals surface area contributed by atoms with E-state index in [-0.39, 0.29) is 52.3 Å². The van der Waals surface area contributed by atoms with E-state index in [1.165, 1.54) is 0 Å². The van der Waals surface area contributed by atoms with Crippen molar-refractivity contribution in [1.29, 1.82) is 0 Å². The van der Waals surface area contributed by atoms with Crippen molar-refractivity contribution in [3.63, 3.8) is 0 Å². The minimum absolute atomic E-state index is 0.0103. The third-order valence-corrected chi connectivity index (χ3v) is 15.8. The predicted molar refractivity (Wildman–Crippen MR) is 353 cm³/mol. The highest BCUT2D eigenvalue weighted by atomic mass is 16.6. The SMILES string of the molecule is Cc1ccc(OCCCCOC(=O)C(C)CC(CC(CC(C(=O)OC(C)C)C(C)C(=O)OC(C)C)C(=O)OCCCCOc2ccc(C)cc2-n2nc3ccccc3n2)C(=O)OCCCCOc2ccc(C)cc2-n2nc3ccccc3n2)c(-n2nc3ccccc3n2)c1. The molecule has 0 N–H and O–H groups in total. The Hall–Kier alpha value is -9.73. The first-order valence-corrected chi connectivity index (χ1v) is 32.5. The van der Waals surface area contributed by atoms with Gasteiger partial charge in [0.15, 0.2) is 0 Å². The molecule has 0 aliphatic carbocycles. The summed E-state index contributed by atoms with van der Waals surface area (Å²) in [4.78, 5) is 75.6. The summed E-state index contributed by atoms with van der Waals surface area (Å²) in [7, 11) is 0. The van der Waals surface area contributed by atoms with Crippen LogP contribution in [0, 0.1) is 50.4 Å². The minimum Gasteiger partial charge on any atom is -0.491 e. The van der Waals surface area contributed by atoms with Gasteiger partial charge in [0, 0.05) is 0 Å². The molecule has 496 valence electrons. The second-order valence-electron chi connectivity index (χ2n) is 24.4. The van der Waals surface area contributed by atoms with E-state index in [1.54, 1.807) is 55.9 Å². The zero-order valence-electron chi connectivity index (χ0n) is 55.1. The topological polar surface area (TPSA) is 251 Å². The Morgan fingerprint density at radius 3 is 1.01 bits per heavy atom. The standard InChI is InChI=1S/C72H85N9O13/c1-46(2)93-69(83)52(9)55(72(86)94-47(3)4)45-54(71(85)92-39-21-18-36-89-67-33-30-50(7)42-64(67)81-77-60-26-14-15-27-61(60)78-81)44-53(70(84)91-38-20-17-35-88-66-32-29-49(6)41-63(66)80-75-58-24-12-13-25-59(58)76-80)43-51(8)68(82)90-37-19-16-34-87-65-31-28-48(5)40-62(65)79-73-56-22-10-11-23-57(56)74-79/h10-15,22-33,40-42,46-47,51-55H,16-21,34-39,43-45H2,1-9H3. The van der Waals surface area contributed by atoms with Crippen molar-refractivity contribution in [2.45, 2.75) is 132 Å². The van der Waals surface area contributed by atoms with Gasteiger partial charge in [0.05, 0.1) is 81.4 Å². The maximum atomic E-state index is 14.7. The first kappa shape index (κ1) is 68.6. The Bertz CT molecular complexity index is 3930. The third-order valence-electron chi connectivity index (χ3n) is 15.8. The average Bonchev–Trinajstić information content (AvgIpc) is 1.66.